The van der Waals surface area contributed by atoms with Crippen LogP contribution in [0.15, 0.2) is 0 Å². The topological polar surface area (TPSA) is 84.9 Å². The zero-order valence-corrected chi connectivity index (χ0v) is 11.4. The lowest BCUT2D eigenvalue weighted by Gasteiger charge is -2.29. The van der Waals surface area contributed by atoms with Crippen LogP contribution in [0.4, 0.5) is 4.79 Å². The summed E-state index contributed by atoms with van der Waals surface area (Å²) in [6.07, 6.45) is 0.976. The van der Waals surface area contributed by atoms with Crippen molar-refractivity contribution in [3.05, 3.63) is 0 Å². The van der Waals surface area contributed by atoms with E-state index in [0.29, 0.717) is 13.0 Å². The number of amides is 2. The van der Waals surface area contributed by atoms with Crippen molar-refractivity contribution in [1.82, 2.24) is 10.2 Å². The molecule has 1 heterocycles. The molecule has 1 saturated heterocycles. The fourth-order valence-electron chi connectivity index (χ4n) is 2.09. The maximum absolute atomic E-state index is 12.4. The minimum Gasteiger partial charge on any atom is -0.453 e. The second-order valence-corrected chi connectivity index (χ2v) is 4.43. The van der Waals surface area contributed by atoms with E-state index in [9.17, 15) is 14.4 Å². The van der Waals surface area contributed by atoms with Crippen LogP contribution in [-0.4, -0.2) is 62.1 Å². The van der Waals surface area contributed by atoms with Crippen LogP contribution in [0.2, 0.25) is 0 Å². The minimum absolute atomic E-state index is 0.325. The molecule has 0 aliphatic carbocycles. The van der Waals surface area contributed by atoms with Crippen LogP contribution < -0.4 is 5.32 Å². The lowest BCUT2D eigenvalue weighted by Crippen LogP contribution is -2.55. The summed E-state index contributed by atoms with van der Waals surface area (Å²) in [6.45, 7) is 2.18. The molecule has 0 saturated carbocycles. The number of nitrogens with zero attached hydrogens (tertiary/aromatic N) is 1. The van der Waals surface area contributed by atoms with E-state index in [-0.39, 0.29) is 5.91 Å². The van der Waals surface area contributed by atoms with E-state index < -0.39 is 24.3 Å². The summed E-state index contributed by atoms with van der Waals surface area (Å²) in [5, 5.41) is 2.45. The molecule has 0 radical (unpaired) electrons. The lowest BCUT2D eigenvalue weighted by atomic mass is 10.1. The summed E-state index contributed by atoms with van der Waals surface area (Å²) in [6, 6.07) is -1.28. The zero-order valence-electron chi connectivity index (χ0n) is 11.4. The number of rotatable bonds is 5. The van der Waals surface area contributed by atoms with Gasteiger partial charge in [0.15, 0.2) is 0 Å². The molecule has 1 rings (SSSR count). The minimum atomic E-state index is -0.863. The van der Waals surface area contributed by atoms with E-state index in [0.717, 1.165) is 12.7 Å². The Hall–Kier alpha value is -1.63. The Labute approximate surface area is 112 Å². The Balaban J connectivity index is 2.81. The Kier molecular flexibility index (Phi) is 5.75. The van der Waals surface area contributed by atoms with Gasteiger partial charge in [-0.2, -0.15) is 0 Å². The van der Waals surface area contributed by atoms with Gasteiger partial charge < -0.3 is 24.5 Å². The van der Waals surface area contributed by atoms with Gasteiger partial charge in [0.2, 0.25) is 5.91 Å². The highest BCUT2D eigenvalue weighted by Gasteiger charge is 2.36. The summed E-state index contributed by atoms with van der Waals surface area (Å²) in [5.41, 5.74) is 0. The lowest BCUT2D eigenvalue weighted by molar-refractivity contribution is -0.139. The van der Waals surface area contributed by atoms with Crippen molar-refractivity contribution in [3.63, 3.8) is 0 Å². The molecule has 0 aromatic heterocycles. The van der Waals surface area contributed by atoms with E-state index in [1.165, 1.54) is 19.1 Å². The Morgan fingerprint density at radius 2 is 2.11 bits per heavy atom. The highest BCUT2D eigenvalue weighted by molar-refractivity contribution is 5.88. The molecular formula is C12H20N2O5. The zero-order chi connectivity index (χ0) is 14.4. The van der Waals surface area contributed by atoms with Crippen molar-refractivity contribution in [2.24, 2.45) is 0 Å². The molecule has 3 atom stereocenters. The molecule has 1 aliphatic rings. The molecule has 1 aliphatic heterocycles. The summed E-state index contributed by atoms with van der Waals surface area (Å²) in [5.74, 6) is -0.325. The highest BCUT2D eigenvalue weighted by Crippen LogP contribution is 2.17. The third-order valence-corrected chi connectivity index (χ3v) is 3.31. The predicted molar refractivity (Wildman–Crippen MR) is 66.6 cm³/mol. The monoisotopic (exact) mass is 272 g/mol. The van der Waals surface area contributed by atoms with Crippen molar-refractivity contribution in [2.45, 2.75) is 38.0 Å². The van der Waals surface area contributed by atoms with Crippen molar-refractivity contribution < 1.29 is 23.9 Å². The quantitative estimate of drug-likeness (QED) is 0.708. The second kappa shape index (κ2) is 7.08. The first-order valence-electron chi connectivity index (χ1n) is 6.18. The largest absolute Gasteiger partial charge is 0.453 e. The van der Waals surface area contributed by atoms with Crippen LogP contribution in [0.3, 0.4) is 0 Å². The Morgan fingerprint density at radius 1 is 1.42 bits per heavy atom. The van der Waals surface area contributed by atoms with Gasteiger partial charge in [-0.1, -0.05) is 0 Å². The third-order valence-electron chi connectivity index (χ3n) is 3.31. The summed E-state index contributed by atoms with van der Waals surface area (Å²) in [4.78, 5) is 36.1. The highest BCUT2D eigenvalue weighted by atomic mass is 16.5. The van der Waals surface area contributed by atoms with Gasteiger partial charge in [0.25, 0.3) is 0 Å². The van der Waals surface area contributed by atoms with E-state index in [4.69, 9.17) is 4.74 Å². The smallest absolute Gasteiger partial charge is 0.407 e. The SMILES string of the molecule is COC(=O)N[C@H](C(=O)N1CCC[C@H]1C=O)[C@@H](C)OC. The van der Waals surface area contributed by atoms with Crippen LogP contribution >= 0.6 is 0 Å². The maximum Gasteiger partial charge on any atom is 0.407 e. The molecule has 0 spiro atoms. The fraction of sp³-hybridized carbons (Fsp3) is 0.750. The second-order valence-electron chi connectivity index (χ2n) is 4.43. The molecule has 0 aromatic carbocycles. The average Bonchev–Trinajstić information content (AvgIpc) is 2.91. The predicted octanol–water partition coefficient (Wildman–Crippen LogP) is -0.0642. The first-order chi connectivity index (χ1) is 9.04. The molecule has 0 unspecified atom stereocenters. The molecular weight excluding hydrogens is 252 g/mol. The van der Waals surface area contributed by atoms with E-state index in [2.05, 4.69) is 10.1 Å². The number of aldehydes is 1. The van der Waals surface area contributed by atoms with Crippen molar-refractivity contribution >= 4 is 18.3 Å². The molecule has 108 valence electrons. The van der Waals surface area contributed by atoms with Crippen molar-refractivity contribution in [2.75, 3.05) is 20.8 Å². The van der Waals surface area contributed by atoms with Crippen LogP contribution in [0.25, 0.3) is 0 Å². The number of nitrogens with one attached hydrogen (secondary N) is 1. The van der Waals surface area contributed by atoms with E-state index >= 15 is 0 Å². The van der Waals surface area contributed by atoms with Gasteiger partial charge in [-0.15, -0.1) is 0 Å². The molecule has 2 amide bonds. The first kappa shape index (κ1) is 15.4. The van der Waals surface area contributed by atoms with Gasteiger partial charge >= 0.3 is 6.09 Å². The van der Waals surface area contributed by atoms with E-state index in [1.54, 1.807) is 6.92 Å². The Bertz CT molecular complexity index is 347. The van der Waals surface area contributed by atoms with E-state index in [1.807, 2.05) is 0 Å². The number of likely N-dealkylation sites (tertiary alicyclic amines) is 1. The van der Waals surface area contributed by atoms with Gasteiger partial charge in [-0.25, -0.2) is 4.79 Å². The standard InChI is InChI=1S/C12H20N2O5/c1-8(18-2)10(13-12(17)19-3)11(16)14-6-4-5-9(14)7-15/h7-10H,4-6H2,1-3H3,(H,13,17)/t8-,9+,10+/m1/s1. The van der Waals surface area contributed by atoms with Gasteiger partial charge in [-0.05, 0) is 19.8 Å². The molecule has 7 heteroatoms. The summed E-state index contributed by atoms with van der Waals surface area (Å²) in [7, 11) is 2.67. The van der Waals surface area contributed by atoms with Crippen LogP contribution in [-0.2, 0) is 19.1 Å². The van der Waals surface area contributed by atoms with Crippen LogP contribution in [0.5, 0.6) is 0 Å². The molecule has 0 aromatic rings. The molecule has 0 bridgehead atoms. The molecule has 1 fully saturated rings. The summed E-state index contributed by atoms with van der Waals surface area (Å²) >= 11 is 0. The maximum atomic E-state index is 12.4. The van der Waals surface area contributed by atoms with Gasteiger partial charge in [0, 0.05) is 13.7 Å². The van der Waals surface area contributed by atoms with Crippen molar-refractivity contribution in [3.8, 4) is 0 Å². The van der Waals surface area contributed by atoms with Gasteiger partial charge in [0.05, 0.1) is 19.3 Å². The first-order valence-corrected chi connectivity index (χ1v) is 6.18. The number of carbonyl (C=O) groups excluding carboxylic acids is 3. The number of hydrogen-bond donors (Lipinski definition) is 1. The Morgan fingerprint density at radius 3 is 2.63 bits per heavy atom. The number of methoxy groups -OCH3 is 2. The fourth-order valence-corrected chi connectivity index (χ4v) is 2.09. The molecule has 1 N–H and O–H groups in total. The number of alkyl carbamates (subject to hydrolysis) is 1. The normalized spacial score (nSPS) is 21.6. The van der Waals surface area contributed by atoms with Crippen LogP contribution in [0.1, 0.15) is 19.8 Å². The third kappa shape index (κ3) is 3.66. The van der Waals surface area contributed by atoms with Crippen LogP contribution in [0, 0.1) is 0 Å². The average molecular weight is 272 g/mol. The summed E-state index contributed by atoms with van der Waals surface area (Å²) < 4.78 is 9.60. The number of hydrogen-bond acceptors (Lipinski definition) is 5. The number of carbonyl (C=O) groups is 3. The van der Waals surface area contributed by atoms with Gasteiger partial charge in [0.1, 0.15) is 12.3 Å². The number of ether oxygens (including phenoxy) is 2. The van der Waals surface area contributed by atoms with Crippen molar-refractivity contribution in [1.29, 1.82) is 0 Å². The molecule has 7 nitrogen and oxygen atoms in total. The molecule has 19 heavy (non-hydrogen) atoms. The van der Waals surface area contributed by atoms with Gasteiger partial charge in [-0.3, -0.25) is 4.79 Å².